The topological polar surface area (TPSA) is 144 Å². The van der Waals surface area contributed by atoms with Gasteiger partial charge in [0.2, 0.25) is 0 Å². The Hall–Kier alpha value is -1.74. The molecule has 1 aliphatic rings. The predicted octanol–water partition coefficient (Wildman–Crippen LogP) is -2.58. The molecular weight excluding hydrogens is 252 g/mol. The number of anilines is 1. The van der Waals surface area contributed by atoms with Gasteiger partial charge in [-0.15, -0.1) is 0 Å². The minimum absolute atomic E-state index is 0.108. The third-order valence-corrected chi connectivity index (χ3v) is 3.26. The zero-order chi connectivity index (χ0) is 14.2. The van der Waals surface area contributed by atoms with Crippen LogP contribution in [0.5, 0.6) is 0 Å². The standard InChI is InChI=1S/C11H16N4O4/c1-4(7-6(12)11(19)14-3-13-7)8-10(18)9(17)5(2-16)15-8/h3,5,8-10,15-18H,1-2,12H2,(H,13,14,19). The highest BCUT2D eigenvalue weighted by Crippen LogP contribution is 2.26. The van der Waals surface area contributed by atoms with Crippen LogP contribution >= 0.6 is 0 Å². The molecule has 1 saturated heterocycles. The SMILES string of the molecule is C=C(c1nc[nH]c(=O)c1N)C1NC(CO)C(O)C1O. The van der Waals surface area contributed by atoms with Crippen molar-refractivity contribution < 1.29 is 15.3 Å². The lowest BCUT2D eigenvalue weighted by Gasteiger charge is -2.18. The van der Waals surface area contributed by atoms with Gasteiger partial charge in [-0.05, 0) is 5.57 Å². The Morgan fingerprint density at radius 3 is 2.74 bits per heavy atom. The van der Waals surface area contributed by atoms with Crippen molar-refractivity contribution in [3.63, 3.8) is 0 Å². The lowest BCUT2D eigenvalue weighted by molar-refractivity contribution is 0.0247. The highest BCUT2D eigenvalue weighted by Gasteiger charge is 2.42. The lowest BCUT2D eigenvalue weighted by Crippen LogP contribution is -2.36. The van der Waals surface area contributed by atoms with Crippen LogP contribution < -0.4 is 16.6 Å². The molecule has 1 aromatic heterocycles. The first-order valence-corrected chi connectivity index (χ1v) is 5.72. The van der Waals surface area contributed by atoms with Crippen molar-refractivity contribution in [1.29, 1.82) is 0 Å². The van der Waals surface area contributed by atoms with E-state index >= 15 is 0 Å². The monoisotopic (exact) mass is 268 g/mol. The number of nitrogens with zero attached hydrogens (tertiary/aromatic N) is 1. The van der Waals surface area contributed by atoms with Gasteiger partial charge >= 0.3 is 0 Å². The predicted molar refractivity (Wildman–Crippen MR) is 68.1 cm³/mol. The van der Waals surface area contributed by atoms with Gasteiger partial charge in [0, 0.05) is 0 Å². The van der Waals surface area contributed by atoms with E-state index in [1.807, 2.05) is 0 Å². The maximum absolute atomic E-state index is 11.4. The number of H-pyrrole nitrogens is 1. The number of nitrogens with one attached hydrogen (secondary N) is 2. The van der Waals surface area contributed by atoms with E-state index in [-0.39, 0.29) is 23.6 Å². The third-order valence-electron chi connectivity index (χ3n) is 3.26. The van der Waals surface area contributed by atoms with Crippen molar-refractivity contribution in [1.82, 2.24) is 15.3 Å². The molecule has 0 spiro atoms. The smallest absolute Gasteiger partial charge is 0.274 e. The molecule has 1 fully saturated rings. The van der Waals surface area contributed by atoms with Crippen LogP contribution in [-0.2, 0) is 0 Å². The number of aliphatic hydroxyl groups excluding tert-OH is 3. The second kappa shape index (κ2) is 5.10. The third kappa shape index (κ3) is 2.26. The van der Waals surface area contributed by atoms with Crippen molar-refractivity contribution in [3.8, 4) is 0 Å². The summed E-state index contributed by atoms with van der Waals surface area (Å²) in [5, 5.41) is 31.5. The molecule has 4 unspecified atom stereocenters. The highest BCUT2D eigenvalue weighted by molar-refractivity contribution is 5.73. The minimum atomic E-state index is -1.16. The van der Waals surface area contributed by atoms with Crippen molar-refractivity contribution in [3.05, 3.63) is 29.0 Å². The van der Waals surface area contributed by atoms with Gasteiger partial charge in [-0.2, -0.15) is 0 Å². The Bertz CT molecular complexity index is 544. The number of hydrogen-bond donors (Lipinski definition) is 6. The second-order valence-corrected chi connectivity index (χ2v) is 4.43. The lowest BCUT2D eigenvalue weighted by atomic mass is 9.99. The molecule has 0 aromatic carbocycles. The maximum atomic E-state index is 11.4. The first-order chi connectivity index (χ1) is 8.97. The van der Waals surface area contributed by atoms with E-state index in [0.717, 1.165) is 0 Å². The normalized spacial score (nSPS) is 30.5. The minimum Gasteiger partial charge on any atom is -0.395 e. The average molecular weight is 268 g/mol. The summed E-state index contributed by atoms with van der Waals surface area (Å²) in [7, 11) is 0. The molecule has 2 rings (SSSR count). The molecule has 104 valence electrons. The van der Waals surface area contributed by atoms with Crippen LogP contribution in [0.3, 0.4) is 0 Å². The molecule has 2 heterocycles. The van der Waals surface area contributed by atoms with E-state index in [9.17, 15) is 15.0 Å². The molecule has 1 aliphatic heterocycles. The van der Waals surface area contributed by atoms with E-state index < -0.39 is 29.9 Å². The molecule has 4 atom stereocenters. The second-order valence-electron chi connectivity index (χ2n) is 4.43. The van der Waals surface area contributed by atoms with Gasteiger partial charge in [-0.3, -0.25) is 4.79 Å². The zero-order valence-electron chi connectivity index (χ0n) is 10.1. The molecule has 0 radical (unpaired) electrons. The fraction of sp³-hybridized carbons (Fsp3) is 0.455. The summed E-state index contributed by atoms with van der Waals surface area (Å²) in [4.78, 5) is 17.6. The first-order valence-electron chi connectivity index (χ1n) is 5.72. The van der Waals surface area contributed by atoms with Crippen LogP contribution in [0.4, 0.5) is 5.69 Å². The van der Waals surface area contributed by atoms with E-state index in [4.69, 9.17) is 10.8 Å². The molecule has 1 aromatic rings. The van der Waals surface area contributed by atoms with Crippen molar-refractivity contribution in [2.75, 3.05) is 12.3 Å². The van der Waals surface area contributed by atoms with Crippen molar-refractivity contribution >= 4 is 11.3 Å². The van der Waals surface area contributed by atoms with Gasteiger partial charge in [0.15, 0.2) is 0 Å². The van der Waals surface area contributed by atoms with E-state index in [1.165, 1.54) is 6.33 Å². The molecule has 0 saturated carbocycles. The quantitative estimate of drug-likeness (QED) is 0.353. The highest BCUT2D eigenvalue weighted by atomic mass is 16.3. The van der Waals surface area contributed by atoms with Crippen molar-refractivity contribution in [2.45, 2.75) is 24.3 Å². The fourth-order valence-electron chi connectivity index (χ4n) is 2.14. The summed E-state index contributed by atoms with van der Waals surface area (Å²) >= 11 is 0. The van der Waals surface area contributed by atoms with Gasteiger partial charge in [0.25, 0.3) is 5.56 Å². The molecule has 8 heteroatoms. The number of nitrogens with two attached hydrogens (primary N) is 1. The molecule has 19 heavy (non-hydrogen) atoms. The number of nitrogen functional groups attached to an aromatic ring is 1. The van der Waals surface area contributed by atoms with Crippen molar-refractivity contribution in [2.24, 2.45) is 0 Å². The zero-order valence-corrected chi connectivity index (χ0v) is 10.1. The first kappa shape index (κ1) is 13.7. The van der Waals surface area contributed by atoms with Gasteiger partial charge in [0.1, 0.15) is 11.8 Å². The Morgan fingerprint density at radius 2 is 2.16 bits per heavy atom. The van der Waals surface area contributed by atoms with Crippen LogP contribution in [-0.4, -0.2) is 56.2 Å². The summed E-state index contributed by atoms with van der Waals surface area (Å²) in [6.45, 7) is 3.42. The molecular formula is C11H16N4O4. The number of aromatic nitrogens is 2. The Kier molecular flexibility index (Phi) is 3.67. The van der Waals surface area contributed by atoms with Gasteiger partial charge in [-0.1, -0.05) is 6.58 Å². The number of rotatable bonds is 3. The van der Waals surface area contributed by atoms with Crippen LogP contribution in [0.2, 0.25) is 0 Å². The molecule has 7 N–H and O–H groups in total. The Balaban J connectivity index is 2.30. The van der Waals surface area contributed by atoms with Crippen LogP contribution in [0, 0.1) is 0 Å². The van der Waals surface area contributed by atoms with E-state index in [1.54, 1.807) is 0 Å². The fourth-order valence-corrected chi connectivity index (χ4v) is 2.14. The number of hydrogen-bond acceptors (Lipinski definition) is 7. The van der Waals surface area contributed by atoms with Gasteiger partial charge in [-0.25, -0.2) is 4.98 Å². The Labute approximate surface area is 108 Å². The maximum Gasteiger partial charge on any atom is 0.274 e. The Morgan fingerprint density at radius 1 is 1.47 bits per heavy atom. The molecule has 0 amide bonds. The molecule has 8 nitrogen and oxygen atoms in total. The largest absolute Gasteiger partial charge is 0.395 e. The summed E-state index contributed by atoms with van der Waals surface area (Å²) < 4.78 is 0. The van der Waals surface area contributed by atoms with Crippen LogP contribution in [0.1, 0.15) is 5.69 Å². The van der Waals surface area contributed by atoms with Crippen LogP contribution in [0.15, 0.2) is 17.7 Å². The van der Waals surface area contributed by atoms with Crippen LogP contribution in [0.25, 0.3) is 5.57 Å². The van der Waals surface area contributed by atoms with E-state index in [2.05, 4.69) is 21.9 Å². The summed E-state index contributed by atoms with van der Waals surface area (Å²) in [5.41, 5.74) is 5.44. The number of aliphatic hydroxyl groups is 3. The van der Waals surface area contributed by atoms with Gasteiger partial charge in [0.05, 0.1) is 36.8 Å². The molecule has 0 aliphatic carbocycles. The summed E-state index contributed by atoms with van der Waals surface area (Å²) in [5.74, 6) is 0. The summed E-state index contributed by atoms with van der Waals surface area (Å²) in [6.07, 6.45) is -1.11. The molecule has 0 bridgehead atoms. The van der Waals surface area contributed by atoms with E-state index in [0.29, 0.717) is 0 Å². The average Bonchev–Trinajstić information content (AvgIpc) is 2.68. The number of aromatic amines is 1. The summed E-state index contributed by atoms with van der Waals surface area (Å²) in [6, 6.07) is -1.40. The van der Waals surface area contributed by atoms with Gasteiger partial charge < -0.3 is 31.4 Å².